The van der Waals surface area contributed by atoms with Crippen LogP contribution in [0.15, 0.2) is 40.6 Å². The summed E-state index contributed by atoms with van der Waals surface area (Å²) in [4.78, 5) is 20.2. The molecule has 1 saturated heterocycles. The number of benzene rings is 1. The average molecular weight is 388 g/mol. The number of likely N-dealkylation sites (tertiary alicyclic amines) is 1. The highest BCUT2D eigenvalue weighted by atomic mass is 19.1. The molecule has 2 unspecified atom stereocenters. The number of nitrogens with one attached hydrogen (secondary N) is 1. The lowest BCUT2D eigenvalue weighted by Crippen LogP contribution is -2.49. The minimum absolute atomic E-state index is 0.231. The number of hydrazone groups is 1. The molecular formula is C19H22F2N6O. The zero-order valence-electron chi connectivity index (χ0n) is 15.7. The summed E-state index contributed by atoms with van der Waals surface area (Å²) in [6, 6.07) is 2.67. The Balaban J connectivity index is 1.57. The SMILES string of the molecule is CN(C)C(=O)NC1C=NN2C=CC(N3CCC[C@@H]3c3cc(F)ccc3F)=NC12. The highest BCUT2D eigenvalue weighted by molar-refractivity contribution is 5.95. The molecule has 0 aromatic heterocycles. The Labute approximate surface area is 162 Å². The number of fused-ring (bicyclic) bond motifs is 1. The molecule has 0 spiro atoms. The van der Waals surface area contributed by atoms with Crippen LogP contribution in [0.2, 0.25) is 0 Å². The molecule has 3 aliphatic rings. The molecule has 1 N–H and O–H groups in total. The van der Waals surface area contributed by atoms with Gasteiger partial charge >= 0.3 is 6.03 Å². The van der Waals surface area contributed by atoms with E-state index in [1.807, 2.05) is 11.0 Å². The van der Waals surface area contributed by atoms with Crippen LogP contribution in [0.3, 0.4) is 0 Å². The highest BCUT2D eigenvalue weighted by Crippen LogP contribution is 2.35. The van der Waals surface area contributed by atoms with Gasteiger partial charge in [-0.15, -0.1) is 0 Å². The molecule has 9 heteroatoms. The van der Waals surface area contributed by atoms with E-state index in [0.29, 0.717) is 17.9 Å². The first-order valence-electron chi connectivity index (χ1n) is 9.22. The second kappa shape index (κ2) is 7.21. The molecule has 3 aliphatic heterocycles. The summed E-state index contributed by atoms with van der Waals surface area (Å²) >= 11 is 0. The number of aliphatic imine (C=N–C) groups is 1. The fraction of sp³-hybridized carbons (Fsp3) is 0.421. The van der Waals surface area contributed by atoms with E-state index in [2.05, 4.69) is 10.4 Å². The third-order valence-corrected chi connectivity index (χ3v) is 5.15. The predicted octanol–water partition coefficient (Wildman–Crippen LogP) is 2.29. The standard InChI is InChI=1S/C19H22F2N6O/c1-25(2)19(28)23-15-11-22-27-9-7-17(24-18(15)27)26-8-3-4-16(26)13-10-12(20)5-6-14(13)21/h5-7,9-11,15-16,18H,3-4,8H2,1-2H3,(H,23,28)/t15?,16-,18?/m1/s1. The van der Waals surface area contributed by atoms with Crippen molar-refractivity contribution in [3.8, 4) is 0 Å². The number of urea groups is 1. The van der Waals surface area contributed by atoms with Crippen LogP contribution in [0.25, 0.3) is 0 Å². The maximum Gasteiger partial charge on any atom is 0.317 e. The summed E-state index contributed by atoms with van der Waals surface area (Å²) in [5, 5.41) is 8.82. The topological polar surface area (TPSA) is 63.5 Å². The summed E-state index contributed by atoms with van der Waals surface area (Å²) in [6.07, 6.45) is 6.44. The molecule has 1 aromatic rings. The van der Waals surface area contributed by atoms with Crippen molar-refractivity contribution in [1.29, 1.82) is 0 Å². The first-order valence-corrected chi connectivity index (χ1v) is 9.22. The Morgan fingerprint density at radius 1 is 1.32 bits per heavy atom. The molecule has 0 radical (unpaired) electrons. The second-order valence-corrected chi connectivity index (χ2v) is 7.25. The van der Waals surface area contributed by atoms with E-state index in [0.717, 1.165) is 18.9 Å². The van der Waals surface area contributed by atoms with Crippen molar-refractivity contribution in [3.05, 3.63) is 47.7 Å². The van der Waals surface area contributed by atoms with E-state index in [4.69, 9.17) is 4.99 Å². The molecule has 0 bridgehead atoms. The Hall–Kier alpha value is -2.97. The number of hydrogen-bond donors (Lipinski definition) is 1. The Morgan fingerprint density at radius 2 is 2.14 bits per heavy atom. The lowest BCUT2D eigenvalue weighted by atomic mass is 10.0. The van der Waals surface area contributed by atoms with Crippen molar-refractivity contribution >= 4 is 18.1 Å². The van der Waals surface area contributed by atoms with E-state index in [-0.39, 0.29) is 18.1 Å². The van der Waals surface area contributed by atoms with Gasteiger partial charge in [0.15, 0.2) is 6.17 Å². The van der Waals surface area contributed by atoms with Crippen LogP contribution >= 0.6 is 0 Å². The van der Waals surface area contributed by atoms with E-state index in [1.54, 1.807) is 31.5 Å². The molecule has 4 rings (SSSR count). The molecule has 3 atom stereocenters. The minimum Gasteiger partial charge on any atom is -0.350 e. The first-order chi connectivity index (χ1) is 13.4. The zero-order valence-corrected chi connectivity index (χ0v) is 15.7. The van der Waals surface area contributed by atoms with Gasteiger partial charge < -0.3 is 15.1 Å². The number of rotatable bonds is 2. The van der Waals surface area contributed by atoms with Crippen LogP contribution in [0.5, 0.6) is 0 Å². The number of halogens is 2. The third kappa shape index (κ3) is 3.32. The Bertz CT molecular complexity index is 868. The van der Waals surface area contributed by atoms with E-state index >= 15 is 0 Å². The summed E-state index contributed by atoms with van der Waals surface area (Å²) in [7, 11) is 3.33. The van der Waals surface area contributed by atoms with Crippen LogP contribution in [-0.4, -0.2) is 65.7 Å². The maximum absolute atomic E-state index is 14.3. The van der Waals surface area contributed by atoms with E-state index in [1.165, 1.54) is 17.0 Å². The monoisotopic (exact) mass is 388 g/mol. The van der Waals surface area contributed by atoms with Gasteiger partial charge in [-0.3, -0.25) is 0 Å². The number of nitrogens with zero attached hydrogens (tertiary/aromatic N) is 5. The van der Waals surface area contributed by atoms with Crippen molar-refractivity contribution < 1.29 is 13.6 Å². The minimum atomic E-state index is -0.453. The fourth-order valence-electron chi connectivity index (χ4n) is 3.73. The van der Waals surface area contributed by atoms with Crippen molar-refractivity contribution in [3.63, 3.8) is 0 Å². The van der Waals surface area contributed by atoms with Crippen molar-refractivity contribution in [1.82, 2.24) is 20.1 Å². The summed E-state index contributed by atoms with van der Waals surface area (Å²) < 4.78 is 28.0. The quantitative estimate of drug-likeness (QED) is 0.846. The van der Waals surface area contributed by atoms with Crippen molar-refractivity contribution in [2.75, 3.05) is 20.6 Å². The van der Waals surface area contributed by atoms with Gasteiger partial charge in [0, 0.05) is 32.4 Å². The number of amidine groups is 1. The molecular weight excluding hydrogens is 366 g/mol. The molecule has 1 fully saturated rings. The smallest absolute Gasteiger partial charge is 0.317 e. The van der Waals surface area contributed by atoms with Gasteiger partial charge in [-0.2, -0.15) is 5.10 Å². The van der Waals surface area contributed by atoms with Gasteiger partial charge in [0.2, 0.25) is 0 Å². The molecule has 0 saturated carbocycles. The van der Waals surface area contributed by atoms with Crippen LogP contribution in [-0.2, 0) is 0 Å². The molecule has 28 heavy (non-hydrogen) atoms. The maximum atomic E-state index is 14.3. The third-order valence-electron chi connectivity index (χ3n) is 5.15. The van der Waals surface area contributed by atoms with Crippen molar-refractivity contribution in [2.45, 2.75) is 31.1 Å². The average Bonchev–Trinajstić information content (AvgIpc) is 3.30. The second-order valence-electron chi connectivity index (χ2n) is 7.25. The molecule has 3 heterocycles. The van der Waals surface area contributed by atoms with Gasteiger partial charge in [-0.25, -0.2) is 23.6 Å². The number of carbonyl (C=O) groups is 1. The summed E-state index contributed by atoms with van der Waals surface area (Å²) in [5.41, 5.74) is 0.344. The number of amides is 2. The zero-order chi connectivity index (χ0) is 19.8. The number of hydrogen-bond acceptors (Lipinski definition) is 5. The van der Waals surface area contributed by atoms with Gasteiger partial charge in [-0.1, -0.05) is 0 Å². The lowest BCUT2D eigenvalue weighted by Gasteiger charge is -2.32. The Morgan fingerprint density at radius 3 is 2.93 bits per heavy atom. The number of carbonyl (C=O) groups excluding carboxylic acids is 1. The lowest BCUT2D eigenvalue weighted by molar-refractivity contribution is 0.209. The molecule has 1 aromatic carbocycles. The van der Waals surface area contributed by atoms with E-state index in [9.17, 15) is 13.6 Å². The van der Waals surface area contributed by atoms with Crippen LogP contribution in [0, 0.1) is 11.6 Å². The fourth-order valence-corrected chi connectivity index (χ4v) is 3.73. The first kappa shape index (κ1) is 18.4. The predicted molar refractivity (Wildman–Crippen MR) is 102 cm³/mol. The molecule has 148 valence electrons. The normalized spacial score (nSPS) is 25.7. The van der Waals surface area contributed by atoms with Crippen LogP contribution in [0.1, 0.15) is 24.4 Å². The summed E-state index contributed by atoms with van der Waals surface area (Å²) in [5.74, 6) is -0.186. The van der Waals surface area contributed by atoms with Gasteiger partial charge in [0.1, 0.15) is 23.5 Å². The van der Waals surface area contributed by atoms with Gasteiger partial charge in [0.05, 0.1) is 12.3 Å². The van der Waals surface area contributed by atoms with Crippen LogP contribution in [0.4, 0.5) is 13.6 Å². The molecule has 7 nitrogen and oxygen atoms in total. The van der Waals surface area contributed by atoms with Gasteiger partial charge in [-0.05, 0) is 37.1 Å². The largest absolute Gasteiger partial charge is 0.350 e. The molecule has 0 aliphatic carbocycles. The van der Waals surface area contributed by atoms with Crippen molar-refractivity contribution in [2.24, 2.45) is 10.1 Å². The molecule has 2 amide bonds. The van der Waals surface area contributed by atoms with Gasteiger partial charge in [0.25, 0.3) is 0 Å². The van der Waals surface area contributed by atoms with E-state index < -0.39 is 17.8 Å². The van der Waals surface area contributed by atoms with Crippen LogP contribution < -0.4 is 5.32 Å². The Kier molecular flexibility index (Phi) is 4.74. The summed E-state index contributed by atoms with van der Waals surface area (Å²) in [6.45, 7) is 0.700. The highest BCUT2D eigenvalue weighted by Gasteiger charge is 2.36.